The number of rotatable bonds is 11. The number of nitrogens with one attached hydrogen (secondary N) is 2. The zero-order chi connectivity index (χ0) is 24.2. The van der Waals surface area contributed by atoms with Gasteiger partial charge in [-0.1, -0.05) is 32.0 Å². The fourth-order valence-electron chi connectivity index (χ4n) is 2.87. The second-order valence-corrected chi connectivity index (χ2v) is 8.53. The van der Waals surface area contributed by atoms with Crippen LogP contribution in [-0.4, -0.2) is 37.3 Å². The van der Waals surface area contributed by atoms with E-state index < -0.39 is 11.9 Å². The summed E-state index contributed by atoms with van der Waals surface area (Å²) in [4.78, 5) is 25.0. The van der Waals surface area contributed by atoms with Crippen LogP contribution in [0.1, 0.15) is 31.4 Å². The second-order valence-electron chi connectivity index (χ2n) is 7.67. The number of carbonyl (C=O) groups excluding carboxylic acids is 2. The monoisotopic (exact) mass is 514 g/mol. The van der Waals surface area contributed by atoms with E-state index in [9.17, 15) is 9.59 Å². The standard InChI is InChI=1S/C24H27BrN4O4/c1-16(2)12-20(28-23(30)15-33-21-7-5-4-6-17(21)3)24(31)29-27-14-18-8-9-22(19(25)13-18)32-11-10-26/h4-9,13-14,16,20H,11-12,15H2,1-3H3,(H,28,30)(H,29,31)/b27-14-/t20-/m0/s1. The molecular weight excluding hydrogens is 488 g/mol. The SMILES string of the molecule is Cc1ccccc1OCC(=O)N[C@@H](CC(C)C)C(=O)N/N=C\c1ccc(OCC#N)c(Br)c1. The molecule has 2 rings (SSSR count). The van der Waals surface area contributed by atoms with E-state index in [1.54, 1.807) is 24.3 Å². The summed E-state index contributed by atoms with van der Waals surface area (Å²) < 4.78 is 11.5. The van der Waals surface area contributed by atoms with Gasteiger partial charge in [-0.3, -0.25) is 9.59 Å². The highest BCUT2D eigenvalue weighted by Crippen LogP contribution is 2.25. The third-order valence-electron chi connectivity index (χ3n) is 4.45. The molecule has 0 saturated carbocycles. The van der Waals surface area contributed by atoms with Gasteiger partial charge in [0.05, 0.1) is 10.7 Å². The van der Waals surface area contributed by atoms with Crippen molar-refractivity contribution in [2.24, 2.45) is 11.0 Å². The molecule has 2 aromatic rings. The minimum absolute atomic E-state index is 0.0545. The molecule has 174 valence electrons. The Kier molecular flexibility index (Phi) is 10.4. The highest BCUT2D eigenvalue weighted by atomic mass is 79.9. The summed E-state index contributed by atoms with van der Waals surface area (Å²) in [5.41, 5.74) is 4.11. The first-order valence-corrected chi connectivity index (χ1v) is 11.2. The number of amides is 2. The summed E-state index contributed by atoms with van der Waals surface area (Å²) in [6.45, 7) is 5.58. The Labute approximate surface area is 202 Å². The first kappa shape index (κ1) is 25.9. The highest BCUT2D eigenvalue weighted by molar-refractivity contribution is 9.10. The molecule has 33 heavy (non-hydrogen) atoms. The van der Waals surface area contributed by atoms with Gasteiger partial charge in [0.1, 0.15) is 23.6 Å². The van der Waals surface area contributed by atoms with Crippen LogP contribution in [-0.2, 0) is 9.59 Å². The lowest BCUT2D eigenvalue weighted by molar-refractivity contribution is -0.130. The van der Waals surface area contributed by atoms with E-state index in [1.165, 1.54) is 6.21 Å². The third kappa shape index (κ3) is 8.94. The molecule has 0 fully saturated rings. The molecule has 0 radical (unpaired) electrons. The van der Waals surface area contributed by atoms with E-state index in [2.05, 4.69) is 31.8 Å². The van der Waals surface area contributed by atoms with Crippen LogP contribution in [0.2, 0.25) is 0 Å². The lowest BCUT2D eigenvalue weighted by Crippen LogP contribution is -2.47. The van der Waals surface area contributed by atoms with Crippen molar-refractivity contribution < 1.29 is 19.1 Å². The number of nitrogens with zero attached hydrogens (tertiary/aromatic N) is 2. The van der Waals surface area contributed by atoms with E-state index >= 15 is 0 Å². The fourth-order valence-corrected chi connectivity index (χ4v) is 3.38. The van der Waals surface area contributed by atoms with Gasteiger partial charge >= 0.3 is 0 Å². The summed E-state index contributed by atoms with van der Waals surface area (Å²) in [6, 6.07) is 13.7. The van der Waals surface area contributed by atoms with Gasteiger partial charge in [-0.05, 0) is 70.6 Å². The fraction of sp³-hybridized carbons (Fsp3) is 0.333. The van der Waals surface area contributed by atoms with Crippen molar-refractivity contribution in [2.45, 2.75) is 33.2 Å². The number of halogens is 1. The van der Waals surface area contributed by atoms with Crippen LogP contribution in [0.5, 0.6) is 11.5 Å². The van der Waals surface area contributed by atoms with Crippen LogP contribution in [0.3, 0.4) is 0 Å². The molecule has 1 atom stereocenters. The number of ether oxygens (including phenoxy) is 2. The Hall–Kier alpha value is -3.38. The first-order chi connectivity index (χ1) is 15.8. The van der Waals surface area contributed by atoms with E-state index in [0.717, 1.165) is 5.56 Å². The number of benzene rings is 2. The minimum atomic E-state index is -0.747. The molecule has 0 aliphatic rings. The molecule has 2 amide bonds. The Morgan fingerprint density at radius 1 is 1.18 bits per heavy atom. The molecule has 8 nitrogen and oxygen atoms in total. The Balaban J connectivity index is 1.93. The van der Waals surface area contributed by atoms with Gasteiger partial charge < -0.3 is 14.8 Å². The van der Waals surface area contributed by atoms with Crippen LogP contribution < -0.4 is 20.2 Å². The predicted octanol–water partition coefficient (Wildman–Crippen LogP) is 3.72. The maximum Gasteiger partial charge on any atom is 0.262 e. The highest BCUT2D eigenvalue weighted by Gasteiger charge is 2.22. The molecule has 2 N–H and O–H groups in total. The van der Waals surface area contributed by atoms with Crippen molar-refractivity contribution in [3.05, 3.63) is 58.1 Å². The summed E-state index contributed by atoms with van der Waals surface area (Å²) >= 11 is 3.37. The summed E-state index contributed by atoms with van der Waals surface area (Å²) in [5.74, 6) is 0.527. The topological polar surface area (TPSA) is 113 Å². The van der Waals surface area contributed by atoms with Crippen LogP contribution >= 0.6 is 15.9 Å². The lowest BCUT2D eigenvalue weighted by Gasteiger charge is -2.19. The number of hydrazone groups is 1. The molecule has 0 unspecified atom stereocenters. The van der Waals surface area contributed by atoms with Crippen LogP contribution in [0.4, 0.5) is 0 Å². The van der Waals surface area contributed by atoms with Gasteiger partial charge in [0.15, 0.2) is 13.2 Å². The van der Waals surface area contributed by atoms with Crippen LogP contribution in [0.15, 0.2) is 52.0 Å². The van der Waals surface area contributed by atoms with Gasteiger partial charge in [0, 0.05) is 0 Å². The van der Waals surface area contributed by atoms with Crippen molar-refractivity contribution in [1.29, 1.82) is 5.26 Å². The van der Waals surface area contributed by atoms with Gasteiger partial charge in [-0.15, -0.1) is 0 Å². The van der Waals surface area contributed by atoms with Crippen molar-refractivity contribution >= 4 is 34.0 Å². The van der Waals surface area contributed by atoms with Crippen LogP contribution in [0, 0.1) is 24.2 Å². The van der Waals surface area contributed by atoms with Crippen molar-refractivity contribution in [2.75, 3.05) is 13.2 Å². The molecule has 0 spiro atoms. The second kappa shape index (κ2) is 13.2. The Morgan fingerprint density at radius 2 is 1.94 bits per heavy atom. The van der Waals surface area contributed by atoms with Gasteiger partial charge in [0.25, 0.3) is 11.8 Å². The maximum atomic E-state index is 12.6. The number of aryl methyl sites for hydroxylation is 1. The Bertz CT molecular complexity index is 1030. The average molecular weight is 515 g/mol. The first-order valence-electron chi connectivity index (χ1n) is 10.4. The summed E-state index contributed by atoms with van der Waals surface area (Å²) in [5, 5.41) is 15.3. The molecular formula is C24H27BrN4O4. The molecule has 0 aromatic heterocycles. The Morgan fingerprint density at radius 3 is 2.61 bits per heavy atom. The molecule has 0 bridgehead atoms. The normalized spacial score (nSPS) is 11.6. The minimum Gasteiger partial charge on any atom is -0.484 e. The number of nitriles is 1. The number of hydrogen-bond donors (Lipinski definition) is 2. The molecule has 2 aromatic carbocycles. The van der Waals surface area contributed by atoms with Gasteiger partial charge in [-0.25, -0.2) is 5.43 Å². The third-order valence-corrected chi connectivity index (χ3v) is 5.07. The number of hydrogen-bond acceptors (Lipinski definition) is 6. The predicted molar refractivity (Wildman–Crippen MR) is 129 cm³/mol. The van der Waals surface area contributed by atoms with E-state index in [1.807, 2.05) is 45.0 Å². The lowest BCUT2D eigenvalue weighted by atomic mass is 10.0. The van der Waals surface area contributed by atoms with Crippen molar-refractivity contribution in [1.82, 2.24) is 10.7 Å². The average Bonchev–Trinajstić information content (AvgIpc) is 2.77. The largest absolute Gasteiger partial charge is 0.484 e. The quantitative estimate of drug-likeness (QED) is 0.350. The van der Waals surface area contributed by atoms with E-state index in [0.29, 0.717) is 28.0 Å². The van der Waals surface area contributed by atoms with E-state index in [-0.39, 0.29) is 25.0 Å². The molecule has 0 aliphatic heterocycles. The van der Waals surface area contributed by atoms with Crippen molar-refractivity contribution in [3.63, 3.8) is 0 Å². The molecule has 0 heterocycles. The number of carbonyl (C=O) groups is 2. The van der Waals surface area contributed by atoms with Crippen LogP contribution in [0.25, 0.3) is 0 Å². The molecule has 0 saturated heterocycles. The van der Waals surface area contributed by atoms with Crippen molar-refractivity contribution in [3.8, 4) is 17.6 Å². The summed E-state index contributed by atoms with van der Waals surface area (Å²) in [7, 11) is 0. The smallest absolute Gasteiger partial charge is 0.262 e. The zero-order valence-corrected chi connectivity index (χ0v) is 20.4. The zero-order valence-electron chi connectivity index (χ0n) is 18.8. The van der Waals surface area contributed by atoms with Gasteiger partial charge in [0.2, 0.25) is 0 Å². The van der Waals surface area contributed by atoms with Gasteiger partial charge in [-0.2, -0.15) is 10.4 Å². The number of para-hydroxylation sites is 1. The molecule has 9 heteroatoms. The molecule has 0 aliphatic carbocycles. The van der Waals surface area contributed by atoms with E-state index in [4.69, 9.17) is 14.7 Å². The summed E-state index contributed by atoms with van der Waals surface area (Å²) in [6.07, 6.45) is 1.93. The maximum absolute atomic E-state index is 12.6.